The zero-order chi connectivity index (χ0) is 9.26. The van der Waals surface area contributed by atoms with Crippen LogP contribution >= 0.6 is 0 Å². The molecule has 2 rings (SSSR count). The van der Waals surface area contributed by atoms with E-state index in [1.165, 1.54) is 10.8 Å². The van der Waals surface area contributed by atoms with Gasteiger partial charge in [0.1, 0.15) is 0 Å². The molecular formula is C11H14N2. The van der Waals surface area contributed by atoms with E-state index in [1.54, 1.807) is 0 Å². The van der Waals surface area contributed by atoms with Crippen molar-refractivity contribution >= 4 is 5.57 Å². The maximum absolute atomic E-state index is 4.47. The highest BCUT2D eigenvalue weighted by Crippen LogP contribution is 2.02. The summed E-state index contributed by atoms with van der Waals surface area (Å²) in [5.74, 6) is 0. The van der Waals surface area contributed by atoms with Crippen LogP contribution in [0.15, 0.2) is 29.3 Å². The van der Waals surface area contributed by atoms with Gasteiger partial charge in [-0.05, 0) is 25.6 Å². The van der Waals surface area contributed by atoms with Gasteiger partial charge in [0, 0.05) is 11.3 Å². The van der Waals surface area contributed by atoms with E-state index >= 15 is 0 Å². The molecule has 1 aliphatic rings. The molecule has 0 bridgehead atoms. The number of benzene rings is 1. The molecule has 0 radical (unpaired) electrons. The average molecular weight is 174 g/mol. The van der Waals surface area contributed by atoms with Gasteiger partial charge in [0.25, 0.3) is 0 Å². The number of hydrogen-bond acceptors (Lipinski definition) is 2. The molecule has 1 N–H and O–H groups in total. The van der Waals surface area contributed by atoms with Gasteiger partial charge in [-0.1, -0.05) is 18.2 Å². The summed E-state index contributed by atoms with van der Waals surface area (Å²) < 4.78 is 0. The lowest BCUT2D eigenvalue weighted by Crippen LogP contribution is -2.31. The quantitative estimate of drug-likeness (QED) is 0.674. The Balaban J connectivity index is 2.60. The fraction of sp³-hybridized carbons (Fsp3) is 0.364. The number of para-hydroxylation sites is 1. The lowest BCUT2D eigenvalue weighted by atomic mass is 10.1. The van der Waals surface area contributed by atoms with Gasteiger partial charge in [0.15, 0.2) is 0 Å². The molecule has 0 aromatic heterocycles. The van der Waals surface area contributed by atoms with E-state index in [0.717, 1.165) is 11.9 Å². The van der Waals surface area contributed by atoms with E-state index in [0.29, 0.717) is 6.04 Å². The number of nitrogens with one attached hydrogen (secondary N) is 1. The highest BCUT2D eigenvalue weighted by molar-refractivity contribution is 5.53. The minimum absolute atomic E-state index is 0.424. The van der Waals surface area contributed by atoms with Crippen molar-refractivity contribution in [1.82, 2.24) is 5.32 Å². The van der Waals surface area contributed by atoms with Gasteiger partial charge in [0.2, 0.25) is 0 Å². The molecule has 0 saturated heterocycles. The van der Waals surface area contributed by atoms with E-state index in [4.69, 9.17) is 0 Å². The molecule has 1 unspecified atom stereocenters. The lowest BCUT2D eigenvalue weighted by molar-refractivity contribution is 0.732. The minimum Gasteiger partial charge on any atom is -0.313 e. The maximum Gasteiger partial charge on any atom is 0.0651 e. The van der Waals surface area contributed by atoms with Crippen LogP contribution in [0.5, 0.6) is 0 Å². The standard InChI is InChI=1S/C11H14N2/c1-8(12-2)10-7-13-11-6-4-3-5-9(10)11/h3-6,8,12H,7H2,1-2H3. The molecular weight excluding hydrogens is 160 g/mol. The molecule has 1 aliphatic heterocycles. The zero-order valence-electron chi connectivity index (χ0n) is 8.04. The Morgan fingerprint density at radius 1 is 1.38 bits per heavy atom. The van der Waals surface area contributed by atoms with E-state index in [9.17, 15) is 0 Å². The molecule has 0 amide bonds. The predicted molar refractivity (Wildman–Crippen MR) is 54.0 cm³/mol. The largest absolute Gasteiger partial charge is 0.313 e. The normalized spacial score (nSPS) is 16.6. The Morgan fingerprint density at radius 3 is 2.92 bits per heavy atom. The first-order valence-electron chi connectivity index (χ1n) is 4.63. The molecule has 0 spiro atoms. The smallest absolute Gasteiger partial charge is 0.0651 e. The summed E-state index contributed by atoms with van der Waals surface area (Å²) in [5.41, 5.74) is 1.40. The third kappa shape index (κ3) is 1.38. The first-order chi connectivity index (χ1) is 6.33. The van der Waals surface area contributed by atoms with Crippen LogP contribution < -0.4 is 15.9 Å². The van der Waals surface area contributed by atoms with Crippen molar-refractivity contribution < 1.29 is 0 Å². The number of hydrogen-bond donors (Lipinski definition) is 1. The van der Waals surface area contributed by atoms with Crippen LogP contribution in [0, 0.1) is 0 Å². The summed E-state index contributed by atoms with van der Waals surface area (Å²) in [4.78, 5) is 4.47. The number of rotatable bonds is 2. The Kier molecular flexibility index (Phi) is 2.15. The van der Waals surface area contributed by atoms with Crippen LogP contribution in [0.2, 0.25) is 0 Å². The molecule has 1 heterocycles. The van der Waals surface area contributed by atoms with Crippen molar-refractivity contribution in [3.63, 3.8) is 0 Å². The second-order valence-electron chi connectivity index (χ2n) is 3.37. The Morgan fingerprint density at radius 2 is 2.15 bits per heavy atom. The van der Waals surface area contributed by atoms with E-state index in [1.807, 2.05) is 13.1 Å². The summed E-state index contributed by atoms with van der Waals surface area (Å²) in [6, 6.07) is 8.75. The summed E-state index contributed by atoms with van der Waals surface area (Å²) in [7, 11) is 1.98. The van der Waals surface area contributed by atoms with Crippen molar-refractivity contribution in [1.29, 1.82) is 0 Å². The molecule has 1 atom stereocenters. The Bertz CT molecular complexity index is 420. The molecule has 2 nitrogen and oxygen atoms in total. The highest BCUT2D eigenvalue weighted by Gasteiger charge is 2.10. The summed E-state index contributed by atoms with van der Waals surface area (Å²) >= 11 is 0. The Hall–Kier alpha value is -1.15. The molecule has 0 saturated carbocycles. The van der Waals surface area contributed by atoms with Crippen molar-refractivity contribution in [2.45, 2.75) is 13.0 Å². The van der Waals surface area contributed by atoms with Gasteiger partial charge < -0.3 is 5.32 Å². The zero-order valence-corrected chi connectivity index (χ0v) is 8.04. The van der Waals surface area contributed by atoms with E-state index in [2.05, 4.69) is 35.4 Å². The number of fused-ring (bicyclic) bond motifs is 1. The summed E-state index contributed by atoms with van der Waals surface area (Å²) in [6.07, 6.45) is 0. The second-order valence-corrected chi connectivity index (χ2v) is 3.37. The van der Waals surface area contributed by atoms with Gasteiger partial charge in [-0.25, -0.2) is 0 Å². The molecule has 1 aromatic rings. The molecule has 1 aromatic carbocycles. The van der Waals surface area contributed by atoms with E-state index < -0.39 is 0 Å². The monoisotopic (exact) mass is 174 g/mol. The fourth-order valence-corrected chi connectivity index (χ4v) is 1.68. The van der Waals surface area contributed by atoms with Crippen LogP contribution in [-0.4, -0.2) is 19.6 Å². The lowest BCUT2D eigenvalue weighted by Gasteiger charge is -2.10. The van der Waals surface area contributed by atoms with Gasteiger partial charge >= 0.3 is 0 Å². The first kappa shape index (κ1) is 8.45. The summed E-state index contributed by atoms with van der Waals surface area (Å²) in [5, 5.41) is 5.70. The van der Waals surface area contributed by atoms with Gasteiger partial charge in [-0.15, -0.1) is 0 Å². The van der Waals surface area contributed by atoms with Gasteiger partial charge in [0.05, 0.1) is 11.9 Å². The SMILES string of the molecule is CNC(C)C1=c2ccccc2=NC1. The molecule has 13 heavy (non-hydrogen) atoms. The van der Waals surface area contributed by atoms with Crippen LogP contribution in [0.25, 0.3) is 5.57 Å². The summed E-state index contributed by atoms with van der Waals surface area (Å²) in [6.45, 7) is 3.02. The molecule has 0 aliphatic carbocycles. The number of nitrogens with zero attached hydrogens (tertiary/aromatic N) is 1. The van der Waals surface area contributed by atoms with Crippen LogP contribution in [0.3, 0.4) is 0 Å². The first-order valence-corrected chi connectivity index (χ1v) is 4.63. The Labute approximate surface area is 78.0 Å². The fourth-order valence-electron chi connectivity index (χ4n) is 1.68. The third-order valence-corrected chi connectivity index (χ3v) is 2.63. The van der Waals surface area contributed by atoms with Crippen molar-refractivity contribution in [3.8, 4) is 0 Å². The molecule has 0 fully saturated rings. The minimum atomic E-state index is 0.424. The highest BCUT2D eigenvalue weighted by atomic mass is 14.9. The predicted octanol–water partition coefficient (Wildman–Crippen LogP) is 0.0784. The molecule has 68 valence electrons. The van der Waals surface area contributed by atoms with Crippen molar-refractivity contribution in [2.75, 3.05) is 13.6 Å². The van der Waals surface area contributed by atoms with E-state index in [-0.39, 0.29) is 0 Å². The third-order valence-electron chi connectivity index (χ3n) is 2.63. The molecule has 2 heteroatoms. The van der Waals surface area contributed by atoms with Crippen molar-refractivity contribution in [2.24, 2.45) is 4.99 Å². The van der Waals surface area contributed by atoms with Crippen LogP contribution in [0.4, 0.5) is 0 Å². The van der Waals surface area contributed by atoms with Crippen molar-refractivity contribution in [3.05, 3.63) is 34.8 Å². The van der Waals surface area contributed by atoms with Gasteiger partial charge in [-0.3, -0.25) is 4.99 Å². The average Bonchev–Trinajstić information content (AvgIpc) is 2.60. The van der Waals surface area contributed by atoms with Crippen LogP contribution in [-0.2, 0) is 0 Å². The second kappa shape index (κ2) is 3.30. The maximum atomic E-state index is 4.47. The van der Waals surface area contributed by atoms with Gasteiger partial charge in [-0.2, -0.15) is 0 Å². The van der Waals surface area contributed by atoms with Crippen LogP contribution in [0.1, 0.15) is 6.92 Å². The topological polar surface area (TPSA) is 24.4 Å².